The first-order valence-corrected chi connectivity index (χ1v) is 15.8. The first-order chi connectivity index (χ1) is 20.8. The SMILES string of the molecule is CC(=O)N1CCC(C(=O)N2CC[C@@]3(S(=O)(=O)c4ccc(F)cc4)c4ccc(C(F)(C(F)(F)F)C(F)(F)F)cc4CC[C@@H]23)CC1C. The maximum absolute atomic E-state index is 15.0. The van der Waals surface area contributed by atoms with E-state index in [-0.39, 0.29) is 59.7 Å². The third kappa shape index (κ3) is 4.99. The normalized spacial score (nSPS) is 26.0. The Morgan fingerprint density at radius 2 is 1.51 bits per heavy atom. The number of piperidine rings is 1. The number of hydrogen-bond donors (Lipinski definition) is 0. The first kappa shape index (κ1) is 33.1. The number of rotatable bonds is 4. The van der Waals surface area contributed by atoms with Crippen LogP contribution in [0.25, 0.3) is 0 Å². The van der Waals surface area contributed by atoms with Gasteiger partial charge in [0.1, 0.15) is 10.6 Å². The van der Waals surface area contributed by atoms with E-state index in [1.807, 2.05) is 0 Å². The summed E-state index contributed by atoms with van der Waals surface area (Å²) >= 11 is 0. The van der Waals surface area contributed by atoms with Crippen molar-refractivity contribution in [3.8, 4) is 0 Å². The highest BCUT2D eigenvalue weighted by Crippen LogP contribution is 2.57. The summed E-state index contributed by atoms with van der Waals surface area (Å²) < 4.78 is 137. The van der Waals surface area contributed by atoms with Crippen molar-refractivity contribution in [2.75, 3.05) is 13.1 Å². The summed E-state index contributed by atoms with van der Waals surface area (Å²) in [6.07, 6.45) is -12.7. The van der Waals surface area contributed by atoms with Gasteiger partial charge in [-0.3, -0.25) is 9.59 Å². The van der Waals surface area contributed by atoms with Crippen LogP contribution in [0.3, 0.4) is 0 Å². The molecule has 246 valence electrons. The van der Waals surface area contributed by atoms with Gasteiger partial charge >= 0.3 is 18.0 Å². The van der Waals surface area contributed by atoms with Gasteiger partial charge in [-0.2, -0.15) is 26.3 Å². The van der Waals surface area contributed by atoms with Crippen molar-refractivity contribution in [1.29, 1.82) is 0 Å². The second kappa shape index (κ2) is 10.9. The molecule has 2 aromatic rings. The number of nitrogens with zero attached hydrogens (tertiary/aromatic N) is 2. The van der Waals surface area contributed by atoms with Crippen molar-refractivity contribution in [3.63, 3.8) is 0 Å². The van der Waals surface area contributed by atoms with Gasteiger partial charge in [-0.1, -0.05) is 18.2 Å². The van der Waals surface area contributed by atoms with Crippen LogP contribution >= 0.6 is 0 Å². The predicted molar refractivity (Wildman–Crippen MR) is 145 cm³/mol. The van der Waals surface area contributed by atoms with E-state index in [2.05, 4.69) is 0 Å². The summed E-state index contributed by atoms with van der Waals surface area (Å²) in [4.78, 5) is 28.5. The van der Waals surface area contributed by atoms with Gasteiger partial charge in [-0.15, -0.1) is 0 Å². The smallest absolute Gasteiger partial charge is 0.340 e. The lowest BCUT2D eigenvalue weighted by Crippen LogP contribution is -2.54. The van der Waals surface area contributed by atoms with E-state index in [1.165, 1.54) is 11.8 Å². The number of fused-ring (bicyclic) bond motifs is 3. The Balaban J connectivity index is 1.62. The molecule has 2 aliphatic heterocycles. The molecule has 2 fully saturated rings. The van der Waals surface area contributed by atoms with Gasteiger partial charge in [0.05, 0.1) is 10.9 Å². The van der Waals surface area contributed by atoms with Crippen LogP contribution < -0.4 is 0 Å². The summed E-state index contributed by atoms with van der Waals surface area (Å²) in [5, 5.41) is 0. The fraction of sp³-hybridized carbons (Fsp3) is 0.533. The molecule has 0 bridgehead atoms. The van der Waals surface area contributed by atoms with E-state index in [0.717, 1.165) is 30.3 Å². The average Bonchev–Trinajstić information content (AvgIpc) is 3.36. The summed E-state index contributed by atoms with van der Waals surface area (Å²) in [5.41, 5.74) is -7.79. The van der Waals surface area contributed by atoms with E-state index in [1.54, 1.807) is 11.8 Å². The number of likely N-dealkylation sites (tertiary alicyclic amines) is 2. The van der Waals surface area contributed by atoms with E-state index in [4.69, 9.17) is 0 Å². The maximum atomic E-state index is 15.0. The molecule has 3 aliphatic rings. The number of halogens is 8. The van der Waals surface area contributed by atoms with E-state index >= 15 is 4.39 Å². The highest BCUT2D eigenvalue weighted by molar-refractivity contribution is 7.92. The molecule has 0 radical (unpaired) electrons. The molecule has 2 amide bonds. The molecule has 5 rings (SSSR count). The number of carbonyl (C=O) groups excluding carboxylic acids is 2. The molecule has 2 saturated heterocycles. The lowest BCUT2D eigenvalue weighted by atomic mass is 9.76. The van der Waals surface area contributed by atoms with Gasteiger partial charge in [0.25, 0.3) is 0 Å². The average molecular weight is 667 g/mol. The molecule has 1 aliphatic carbocycles. The number of amides is 2. The fourth-order valence-corrected chi connectivity index (χ4v) is 9.78. The number of carbonyl (C=O) groups is 2. The number of alkyl halides is 7. The standard InChI is InChI=1S/C30H30F8N2O4S/c1-17-15-20(11-13-39(17)18(2)41)26(42)40-14-12-27(45(43,44)23-7-5-22(31)6-8-23)24-9-4-21(16-19(24)3-10-25(27)40)28(32,29(33,34)35)30(36,37)38/h4-9,16-17,20,25H,3,10-15H2,1-2H3/t17?,20?,25-,27-/m1/s1. The molecule has 6 nitrogen and oxygen atoms in total. The van der Waals surface area contributed by atoms with Crippen molar-refractivity contribution in [3.05, 3.63) is 65.0 Å². The van der Waals surface area contributed by atoms with Crippen molar-refractivity contribution >= 4 is 21.7 Å². The molecule has 2 heterocycles. The van der Waals surface area contributed by atoms with Crippen LogP contribution in [-0.4, -0.2) is 67.6 Å². The van der Waals surface area contributed by atoms with Crippen molar-refractivity contribution in [1.82, 2.24) is 9.80 Å². The van der Waals surface area contributed by atoms with E-state index < -0.39 is 55.9 Å². The highest BCUT2D eigenvalue weighted by atomic mass is 32.2. The third-order valence-electron chi connectivity index (χ3n) is 9.58. The van der Waals surface area contributed by atoms with Gasteiger partial charge in [0, 0.05) is 37.5 Å². The second-order valence-electron chi connectivity index (χ2n) is 12.0. The summed E-state index contributed by atoms with van der Waals surface area (Å²) in [7, 11) is -4.58. The molecule has 4 atom stereocenters. The summed E-state index contributed by atoms with van der Waals surface area (Å²) in [6.45, 7) is 3.41. The van der Waals surface area contributed by atoms with Gasteiger partial charge in [-0.25, -0.2) is 17.2 Å². The van der Waals surface area contributed by atoms with Crippen LogP contribution in [0.2, 0.25) is 0 Å². The lowest BCUT2D eigenvalue weighted by molar-refractivity contribution is -0.348. The monoisotopic (exact) mass is 666 g/mol. The van der Waals surface area contributed by atoms with Crippen molar-refractivity contribution in [2.45, 2.75) is 85.7 Å². The number of hydrogen-bond acceptors (Lipinski definition) is 4. The molecule has 0 spiro atoms. The molecular weight excluding hydrogens is 636 g/mol. The van der Waals surface area contributed by atoms with Crippen molar-refractivity contribution < 1.29 is 53.1 Å². The Labute approximate surface area is 254 Å². The molecule has 0 aromatic heterocycles. The molecule has 45 heavy (non-hydrogen) atoms. The zero-order valence-corrected chi connectivity index (χ0v) is 25.0. The summed E-state index contributed by atoms with van der Waals surface area (Å²) in [5.74, 6) is -1.84. The number of aryl methyl sites for hydroxylation is 1. The zero-order chi connectivity index (χ0) is 33.3. The Hall–Kier alpha value is -3.23. The molecule has 2 unspecified atom stereocenters. The predicted octanol–water partition coefficient (Wildman–Crippen LogP) is 5.98. The van der Waals surface area contributed by atoms with Crippen LogP contribution in [0, 0.1) is 11.7 Å². The highest BCUT2D eigenvalue weighted by Gasteiger charge is 2.74. The van der Waals surface area contributed by atoms with Crippen LogP contribution in [0.15, 0.2) is 47.4 Å². The Morgan fingerprint density at radius 1 is 0.889 bits per heavy atom. The molecule has 0 N–H and O–H groups in total. The Bertz CT molecular complexity index is 1590. The quantitative estimate of drug-likeness (QED) is 0.298. The maximum Gasteiger partial charge on any atom is 0.435 e. The van der Waals surface area contributed by atoms with Crippen LogP contribution in [-0.2, 0) is 36.3 Å². The minimum atomic E-state index is -6.36. The van der Waals surface area contributed by atoms with E-state index in [0.29, 0.717) is 31.5 Å². The number of benzene rings is 2. The second-order valence-corrected chi connectivity index (χ2v) is 14.2. The third-order valence-corrected chi connectivity index (χ3v) is 12.1. The van der Waals surface area contributed by atoms with Crippen molar-refractivity contribution in [2.24, 2.45) is 5.92 Å². The first-order valence-electron chi connectivity index (χ1n) is 14.3. The molecular formula is C30H30F8N2O4S. The largest absolute Gasteiger partial charge is 0.435 e. The molecule has 15 heteroatoms. The zero-order valence-electron chi connectivity index (χ0n) is 24.2. The number of sulfone groups is 1. The minimum absolute atomic E-state index is 0.0927. The van der Waals surface area contributed by atoms with Gasteiger partial charge in [0.2, 0.25) is 11.8 Å². The van der Waals surface area contributed by atoms with Crippen LogP contribution in [0.5, 0.6) is 0 Å². The molecule has 2 aromatic carbocycles. The summed E-state index contributed by atoms with van der Waals surface area (Å²) in [6, 6.07) is 3.96. The van der Waals surface area contributed by atoms with Gasteiger partial charge < -0.3 is 9.80 Å². The minimum Gasteiger partial charge on any atom is -0.340 e. The lowest BCUT2D eigenvalue weighted by Gasteiger charge is -2.44. The van der Waals surface area contributed by atoms with Crippen LogP contribution in [0.1, 0.15) is 56.2 Å². The molecule has 0 saturated carbocycles. The fourth-order valence-electron chi connectivity index (χ4n) is 7.42. The topological polar surface area (TPSA) is 74.8 Å². The van der Waals surface area contributed by atoms with E-state index in [9.17, 15) is 48.7 Å². The van der Waals surface area contributed by atoms with Crippen LogP contribution in [0.4, 0.5) is 35.1 Å². The van der Waals surface area contributed by atoms with Gasteiger partial charge in [0.15, 0.2) is 9.84 Å². The van der Waals surface area contributed by atoms with Gasteiger partial charge in [-0.05, 0) is 74.4 Å². The Kier molecular flexibility index (Phi) is 8.06. The Morgan fingerprint density at radius 3 is 2.07 bits per heavy atom.